The van der Waals surface area contributed by atoms with Crippen molar-refractivity contribution in [3.8, 4) is 0 Å². The van der Waals surface area contributed by atoms with E-state index in [0.29, 0.717) is 35.5 Å². The third-order valence-corrected chi connectivity index (χ3v) is 6.55. The van der Waals surface area contributed by atoms with E-state index < -0.39 is 23.5 Å². The fourth-order valence-electron chi connectivity index (χ4n) is 3.08. The molecule has 12 heteroatoms. The van der Waals surface area contributed by atoms with Crippen molar-refractivity contribution in [2.24, 2.45) is 0 Å². The van der Waals surface area contributed by atoms with Crippen LogP contribution in [0, 0.1) is 5.82 Å². The van der Waals surface area contributed by atoms with Crippen LogP contribution in [0.3, 0.4) is 0 Å². The van der Waals surface area contributed by atoms with E-state index in [1.165, 1.54) is 34.5 Å². The van der Waals surface area contributed by atoms with Crippen LogP contribution in [-0.2, 0) is 11.0 Å². The molecule has 3 rings (SSSR count). The van der Waals surface area contributed by atoms with E-state index in [0.717, 1.165) is 6.07 Å². The minimum atomic E-state index is -4.79. The molecule has 1 saturated heterocycles. The summed E-state index contributed by atoms with van der Waals surface area (Å²) in [6, 6.07) is 2.75. The van der Waals surface area contributed by atoms with Crippen LogP contribution >= 0.6 is 23.1 Å². The zero-order valence-corrected chi connectivity index (χ0v) is 17.0. The van der Waals surface area contributed by atoms with Crippen molar-refractivity contribution >= 4 is 40.7 Å². The number of rotatable bonds is 8. The maximum Gasteiger partial charge on any atom is 0.419 e. The number of amides is 1. The number of nitrogens with zero attached hydrogens (tertiary/aromatic N) is 2. The molecule has 30 heavy (non-hydrogen) atoms. The molecule has 1 aliphatic heterocycles. The second kappa shape index (κ2) is 9.21. The molecule has 6 nitrogen and oxygen atoms in total. The third kappa shape index (κ3) is 5.22. The lowest BCUT2D eigenvalue weighted by molar-refractivity contribution is -0.139. The van der Waals surface area contributed by atoms with Crippen LogP contribution in [0.1, 0.15) is 28.9 Å². The van der Waals surface area contributed by atoms with Crippen molar-refractivity contribution in [1.82, 2.24) is 9.88 Å². The van der Waals surface area contributed by atoms with Crippen LogP contribution in [0.5, 0.6) is 0 Å². The van der Waals surface area contributed by atoms with E-state index >= 15 is 0 Å². The molecule has 0 saturated carbocycles. The van der Waals surface area contributed by atoms with Crippen molar-refractivity contribution in [2.45, 2.75) is 29.4 Å². The average Bonchev–Trinajstić information content (AvgIpc) is 3.28. The normalized spacial score (nSPS) is 16.9. The number of hydrogen-bond acceptors (Lipinski definition) is 6. The Bertz CT molecular complexity index is 936. The molecule has 2 aromatic rings. The number of anilines is 1. The van der Waals surface area contributed by atoms with Crippen LogP contribution in [-0.4, -0.2) is 51.8 Å². The van der Waals surface area contributed by atoms with Gasteiger partial charge in [-0.05, 0) is 18.6 Å². The quantitative estimate of drug-likeness (QED) is 0.451. The molecule has 1 amide bonds. The Morgan fingerprint density at radius 1 is 1.40 bits per heavy atom. The number of carboxylic acids is 1. The zero-order valence-electron chi connectivity index (χ0n) is 15.4. The highest BCUT2D eigenvalue weighted by molar-refractivity contribution is 8.01. The first kappa shape index (κ1) is 22.3. The smallest absolute Gasteiger partial charge is 0.419 e. The number of thioether (sulfide) groups is 1. The summed E-state index contributed by atoms with van der Waals surface area (Å²) in [5.74, 6) is -2.08. The van der Waals surface area contributed by atoms with Gasteiger partial charge in [0.05, 0.1) is 11.3 Å². The first-order chi connectivity index (χ1) is 14.2. The molecule has 1 fully saturated rings. The Hall–Kier alpha value is -2.34. The highest BCUT2D eigenvalue weighted by Gasteiger charge is 2.35. The molecule has 1 unspecified atom stereocenters. The van der Waals surface area contributed by atoms with Crippen LogP contribution in [0.15, 0.2) is 27.9 Å². The van der Waals surface area contributed by atoms with E-state index in [2.05, 4.69) is 10.3 Å². The molecular formula is C18H17F4N3O3S2. The predicted octanol–water partition coefficient (Wildman–Crippen LogP) is 4.19. The van der Waals surface area contributed by atoms with Crippen LogP contribution in [0.25, 0.3) is 0 Å². The molecule has 1 aliphatic rings. The molecule has 1 aromatic heterocycles. The summed E-state index contributed by atoms with van der Waals surface area (Å²) < 4.78 is 53.3. The number of aromatic carboxylic acids is 1. The van der Waals surface area contributed by atoms with Gasteiger partial charge in [0.25, 0.3) is 0 Å². The van der Waals surface area contributed by atoms with E-state index in [9.17, 15) is 27.2 Å². The predicted molar refractivity (Wildman–Crippen MR) is 104 cm³/mol. The Morgan fingerprint density at radius 3 is 2.83 bits per heavy atom. The number of nitrogens with one attached hydrogen (secondary N) is 1. The zero-order chi connectivity index (χ0) is 21.9. The van der Waals surface area contributed by atoms with Gasteiger partial charge in [0.15, 0.2) is 15.9 Å². The number of benzene rings is 1. The van der Waals surface area contributed by atoms with Gasteiger partial charge in [-0.25, -0.2) is 14.2 Å². The SMILES string of the molecule is O=C(O)c1csc(SCCN2C(=O)CCC2CNc2cccc(C(F)(F)F)c2F)n1. The largest absolute Gasteiger partial charge is 0.476 e. The Labute approximate surface area is 177 Å². The van der Waals surface area contributed by atoms with Crippen molar-refractivity contribution in [3.05, 3.63) is 40.7 Å². The first-order valence-electron chi connectivity index (χ1n) is 8.87. The molecule has 0 spiro atoms. The number of halogens is 4. The van der Waals surface area contributed by atoms with Crippen molar-refractivity contribution in [1.29, 1.82) is 0 Å². The fraction of sp³-hybridized carbons (Fsp3) is 0.389. The third-order valence-electron chi connectivity index (χ3n) is 4.54. The molecular weight excluding hydrogens is 446 g/mol. The van der Waals surface area contributed by atoms with E-state index in [1.54, 1.807) is 4.90 Å². The molecule has 0 radical (unpaired) electrons. The van der Waals surface area contributed by atoms with Crippen LogP contribution in [0.4, 0.5) is 23.2 Å². The molecule has 1 atom stereocenters. The number of hydrogen-bond donors (Lipinski definition) is 2. The lowest BCUT2D eigenvalue weighted by atomic mass is 10.1. The van der Waals surface area contributed by atoms with Crippen molar-refractivity contribution in [3.63, 3.8) is 0 Å². The van der Waals surface area contributed by atoms with Gasteiger partial charge < -0.3 is 15.3 Å². The number of carbonyl (C=O) groups excluding carboxylic acids is 1. The van der Waals surface area contributed by atoms with Gasteiger partial charge in [0.2, 0.25) is 5.91 Å². The van der Waals surface area contributed by atoms with Gasteiger partial charge in [-0.1, -0.05) is 17.8 Å². The number of alkyl halides is 3. The van der Waals surface area contributed by atoms with Gasteiger partial charge in [0, 0.05) is 36.7 Å². The van der Waals surface area contributed by atoms with E-state index in [4.69, 9.17) is 5.11 Å². The second-order valence-electron chi connectivity index (χ2n) is 6.48. The number of likely N-dealkylation sites (tertiary alicyclic amines) is 1. The minimum Gasteiger partial charge on any atom is -0.476 e. The Balaban J connectivity index is 1.57. The summed E-state index contributed by atoms with van der Waals surface area (Å²) in [5, 5.41) is 13.0. The molecule has 2 N–H and O–H groups in total. The number of thiazole rings is 1. The summed E-state index contributed by atoms with van der Waals surface area (Å²) >= 11 is 2.51. The maximum absolute atomic E-state index is 14.2. The highest BCUT2D eigenvalue weighted by Crippen LogP contribution is 2.34. The minimum absolute atomic E-state index is 0.0371. The summed E-state index contributed by atoms with van der Waals surface area (Å²) in [5.41, 5.74) is -1.64. The summed E-state index contributed by atoms with van der Waals surface area (Å²) in [7, 11) is 0. The van der Waals surface area contributed by atoms with E-state index in [-0.39, 0.29) is 29.9 Å². The van der Waals surface area contributed by atoms with Crippen LogP contribution in [0.2, 0.25) is 0 Å². The average molecular weight is 463 g/mol. The fourth-order valence-corrected chi connectivity index (χ4v) is 4.89. The summed E-state index contributed by atoms with van der Waals surface area (Å²) in [6.07, 6.45) is -3.97. The van der Waals surface area contributed by atoms with Gasteiger partial charge in [-0.15, -0.1) is 11.3 Å². The summed E-state index contributed by atoms with van der Waals surface area (Å²) in [6.45, 7) is 0.484. The standard InChI is InChI=1S/C18H17F4N3O3S2/c19-15-11(18(20,21)22)2-1-3-12(15)23-8-10-4-5-14(26)25(10)6-7-29-17-24-13(9-30-17)16(27)28/h1-3,9-10,23H,4-8H2,(H,27,28). The number of carboxylic acid groups (broad SMARTS) is 1. The highest BCUT2D eigenvalue weighted by atomic mass is 32.2. The van der Waals surface area contributed by atoms with Crippen LogP contribution < -0.4 is 5.32 Å². The topological polar surface area (TPSA) is 82.5 Å². The Kier molecular flexibility index (Phi) is 6.86. The molecule has 1 aromatic carbocycles. The molecule has 0 bridgehead atoms. The lowest BCUT2D eigenvalue weighted by Gasteiger charge is -2.25. The molecule has 162 valence electrons. The molecule has 2 heterocycles. The van der Waals surface area contributed by atoms with Crippen molar-refractivity contribution in [2.75, 3.05) is 24.2 Å². The second-order valence-corrected chi connectivity index (χ2v) is 8.68. The Morgan fingerprint density at radius 2 is 2.17 bits per heavy atom. The number of aromatic nitrogens is 1. The first-order valence-corrected chi connectivity index (χ1v) is 10.7. The maximum atomic E-state index is 14.2. The van der Waals surface area contributed by atoms with Crippen molar-refractivity contribution < 1.29 is 32.3 Å². The summed E-state index contributed by atoms with van der Waals surface area (Å²) in [4.78, 5) is 28.6. The van der Waals surface area contributed by atoms with E-state index in [1.807, 2.05) is 0 Å². The van der Waals surface area contributed by atoms with Gasteiger partial charge in [-0.2, -0.15) is 13.2 Å². The van der Waals surface area contributed by atoms with Gasteiger partial charge in [-0.3, -0.25) is 4.79 Å². The molecule has 0 aliphatic carbocycles. The van der Waals surface area contributed by atoms with Gasteiger partial charge >= 0.3 is 12.1 Å². The monoisotopic (exact) mass is 463 g/mol. The van der Waals surface area contributed by atoms with Gasteiger partial charge in [0.1, 0.15) is 0 Å². The lowest BCUT2D eigenvalue weighted by Crippen LogP contribution is -2.39. The number of carbonyl (C=O) groups is 2.